The van der Waals surface area contributed by atoms with Crippen LogP contribution in [0.1, 0.15) is 38.1 Å². The highest BCUT2D eigenvalue weighted by atomic mass is 16.3. The van der Waals surface area contributed by atoms with E-state index in [2.05, 4.69) is 35.0 Å². The molecule has 2 heterocycles. The van der Waals surface area contributed by atoms with Gasteiger partial charge in [0, 0.05) is 26.1 Å². The fourth-order valence-electron chi connectivity index (χ4n) is 4.46. The molecule has 3 aromatic rings. The minimum Gasteiger partial charge on any atom is -0.388 e. The van der Waals surface area contributed by atoms with Gasteiger partial charge in [0.05, 0.1) is 23.0 Å². The maximum absolute atomic E-state index is 13.1. The molecule has 0 spiro atoms. The van der Waals surface area contributed by atoms with Gasteiger partial charge in [0.2, 0.25) is 0 Å². The van der Waals surface area contributed by atoms with Crippen LogP contribution in [0.3, 0.4) is 0 Å². The predicted molar refractivity (Wildman–Crippen MR) is 126 cm³/mol. The Labute approximate surface area is 183 Å². The van der Waals surface area contributed by atoms with E-state index in [0.717, 1.165) is 31.0 Å². The van der Waals surface area contributed by atoms with Gasteiger partial charge in [-0.05, 0) is 37.5 Å². The van der Waals surface area contributed by atoms with Gasteiger partial charge in [0.15, 0.2) is 0 Å². The van der Waals surface area contributed by atoms with Crippen LogP contribution in [0.15, 0.2) is 65.0 Å². The molecule has 4 rings (SSSR count). The first-order valence-corrected chi connectivity index (χ1v) is 11.1. The molecule has 5 heteroatoms. The summed E-state index contributed by atoms with van der Waals surface area (Å²) in [5.41, 5.74) is 2.30. The predicted octanol–water partition coefficient (Wildman–Crippen LogP) is 3.89. The number of benzene rings is 2. The summed E-state index contributed by atoms with van der Waals surface area (Å²) in [6, 6.07) is 17.8. The third-order valence-corrected chi connectivity index (χ3v) is 6.18. The summed E-state index contributed by atoms with van der Waals surface area (Å²) in [7, 11) is 0. The smallest absolute Gasteiger partial charge is 0.261 e. The van der Waals surface area contributed by atoms with Gasteiger partial charge in [0.1, 0.15) is 5.82 Å². The zero-order valence-electron chi connectivity index (χ0n) is 18.4. The van der Waals surface area contributed by atoms with Crippen molar-refractivity contribution in [1.29, 1.82) is 0 Å². The van der Waals surface area contributed by atoms with Crippen LogP contribution in [-0.2, 0) is 13.0 Å². The Morgan fingerprint density at radius 2 is 1.77 bits per heavy atom. The van der Waals surface area contributed by atoms with Gasteiger partial charge in [-0.2, -0.15) is 0 Å². The van der Waals surface area contributed by atoms with E-state index >= 15 is 0 Å². The minimum absolute atomic E-state index is 0.0556. The number of nitrogens with zero attached hydrogens (tertiary/aromatic N) is 3. The van der Waals surface area contributed by atoms with Crippen LogP contribution in [0.2, 0.25) is 0 Å². The zero-order valence-corrected chi connectivity index (χ0v) is 18.4. The number of aromatic nitrogens is 2. The first-order chi connectivity index (χ1) is 15.0. The summed E-state index contributed by atoms with van der Waals surface area (Å²) >= 11 is 0. The van der Waals surface area contributed by atoms with E-state index in [-0.39, 0.29) is 5.56 Å². The molecule has 0 atom stereocenters. The standard InChI is InChI=1S/C26H31N3O2/c1-3-24-27-23-12-8-7-11-22(23)25(30)29(24)19-26(31)13-15-28(16-14-26)18-20(2)17-21-9-5-4-6-10-21/h4-12,17,31H,3,13-16,18-19H2,1-2H3. The Morgan fingerprint density at radius 3 is 2.48 bits per heavy atom. The molecule has 0 amide bonds. The lowest BCUT2D eigenvalue weighted by Gasteiger charge is -2.39. The Kier molecular flexibility index (Phi) is 6.35. The molecule has 0 saturated carbocycles. The molecule has 0 aliphatic carbocycles. The molecule has 162 valence electrons. The number of para-hydroxylation sites is 1. The topological polar surface area (TPSA) is 58.4 Å². The Hall–Kier alpha value is -2.76. The number of fused-ring (bicyclic) bond motifs is 1. The molecule has 0 radical (unpaired) electrons. The molecule has 1 aromatic heterocycles. The number of piperidine rings is 1. The van der Waals surface area contributed by atoms with Gasteiger partial charge >= 0.3 is 0 Å². The molecule has 1 aliphatic rings. The number of hydrogen-bond donors (Lipinski definition) is 1. The fraction of sp³-hybridized carbons (Fsp3) is 0.385. The van der Waals surface area contributed by atoms with E-state index in [4.69, 9.17) is 0 Å². The van der Waals surface area contributed by atoms with Gasteiger partial charge in [-0.3, -0.25) is 14.3 Å². The summed E-state index contributed by atoms with van der Waals surface area (Å²) in [4.78, 5) is 20.2. The van der Waals surface area contributed by atoms with Crippen LogP contribution in [0.4, 0.5) is 0 Å². The van der Waals surface area contributed by atoms with Gasteiger partial charge < -0.3 is 5.11 Å². The number of rotatable bonds is 6. The molecule has 1 saturated heterocycles. The maximum atomic E-state index is 13.1. The highest BCUT2D eigenvalue weighted by molar-refractivity contribution is 5.77. The summed E-state index contributed by atoms with van der Waals surface area (Å²) < 4.78 is 1.69. The molecule has 31 heavy (non-hydrogen) atoms. The number of hydrogen-bond acceptors (Lipinski definition) is 4. The van der Waals surface area contributed by atoms with Crippen LogP contribution in [0.25, 0.3) is 17.0 Å². The van der Waals surface area contributed by atoms with Gasteiger partial charge in [0.25, 0.3) is 5.56 Å². The van der Waals surface area contributed by atoms with Crippen molar-refractivity contribution in [3.8, 4) is 0 Å². The van der Waals surface area contributed by atoms with E-state index in [1.54, 1.807) is 4.57 Å². The zero-order chi connectivity index (χ0) is 21.8. The van der Waals surface area contributed by atoms with Crippen molar-refractivity contribution < 1.29 is 5.11 Å². The van der Waals surface area contributed by atoms with Crippen LogP contribution < -0.4 is 5.56 Å². The summed E-state index contributed by atoms with van der Waals surface area (Å²) in [6.07, 6.45) is 4.17. The number of aryl methyl sites for hydroxylation is 1. The Balaban J connectivity index is 1.45. The molecule has 1 N–H and O–H groups in total. The van der Waals surface area contributed by atoms with E-state index < -0.39 is 5.60 Å². The molecular formula is C26H31N3O2. The third kappa shape index (κ3) is 4.94. The van der Waals surface area contributed by atoms with E-state index in [9.17, 15) is 9.90 Å². The fourth-order valence-corrected chi connectivity index (χ4v) is 4.46. The highest BCUT2D eigenvalue weighted by Crippen LogP contribution is 2.25. The molecule has 0 bridgehead atoms. The largest absolute Gasteiger partial charge is 0.388 e. The monoisotopic (exact) mass is 417 g/mol. The lowest BCUT2D eigenvalue weighted by atomic mass is 9.90. The average molecular weight is 418 g/mol. The van der Waals surface area contributed by atoms with Crippen molar-refractivity contribution in [2.45, 2.75) is 45.3 Å². The van der Waals surface area contributed by atoms with Gasteiger partial charge in [-0.1, -0.05) is 61.0 Å². The quantitative estimate of drug-likeness (QED) is 0.661. The van der Waals surface area contributed by atoms with Crippen LogP contribution in [0, 0.1) is 0 Å². The number of aliphatic hydroxyl groups is 1. The number of likely N-dealkylation sites (tertiary alicyclic amines) is 1. The minimum atomic E-state index is -0.883. The van der Waals surface area contributed by atoms with Gasteiger partial charge in [-0.15, -0.1) is 0 Å². The van der Waals surface area contributed by atoms with Gasteiger partial charge in [-0.25, -0.2) is 4.98 Å². The van der Waals surface area contributed by atoms with Crippen molar-refractivity contribution in [1.82, 2.24) is 14.5 Å². The lowest BCUT2D eigenvalue weighted by molar-refractivity contribution is -0.0335. The van der Waals surface area contributed by atoms with E-state index in [1.807, 2.05) is 49.4 Å². The summed E-state index contributed by atoms with van der Waals surface area (Å²) in [5.74, 6) is 0.737. The van der Waals surface area contributed by atoms with Crippen molar-refractivity contribution in [2.24, 2.45) is 0 Å². The summed E-state index contributed by atoms with van der Waals surface area (Å²) in [5, 5.41) is 11.9. The molecule has 0 unspecified atom stereocenters. The Bertz CT molecular complexity index is 1130. The maximum Gasteiger partial charge on any atom is 0.261 e. The van der Waals surface area contributed by atoms with Crippen molar-refractivity contribution in [2.75, 3.05) is 19.6 Å². The molecule has 1 fully saturated rings. The lowest BCUT2D eigenvalue weighted by Crippen LogP contribution is -2.48. The van der Waals surface area contributed by atoms with E-state index in [1.165, 1.54) is 11.1 Å². The second-order valence-electron chi connectivity index (χ2n) is 8.69. The first-order valence-electron chi connectivity index (χ1n) is 11.1. The van der Waals surface area contributed by atoms with Crippen molar-refractivity contribution in [3.63, 3.8) is 0 Å². The molecule has 2 aromatic carbocycles. The van der Waals surface area contributed by atoms with Crippen molar-refractivity contribution in [3.05, 3.63) is 81.9 Å². The molecular weight excluding hydrogens is 386 g/mol. The second-order valence-corrected chi connectivity index (χ2v) is 8.69. The van der Waals surface area contributed by atoms with E-state index in [0.29, 0.717) is 31.2 Å². The normalized spacial score (nSPS) is 17.2. The van der Waals surface area contributed by atoms with Crippen LogP contribution in [-0.4, -0.2) is 44.8 Å². The average Bonchev–Trinajstić information content (AvgIpc) is 2.78. The Morgan fingerprint density at radius 1 is 1.10 bits per heavy atom. The third-order valence-electron chi connectivity index (χ3n) is 6.18. The summed E-state index contributed by atoms with van der Waals surface area (Å²) in [6.45, 7) is 6.98. The van der Waals surface area contributed by atoms with Crippen molar-refractivity contribution >= 4 is 17.0 Å². The second kappa shape index (κ2) is 9.16. The first kappa shape index (κ1) is 21.5. The van der Waals surface area contributed by atoms with Crippen LogP contribution >= 0.6 is 0 Å². The SMILES string of the molecule is CCc1nc2ccccc2c(=O)n1CC1(O)CCN(CC(C)=Cc2ccccc2)CC1. The van der Waals surface area contributed by atoms with Crippen LogP contribution in [0.5, 0.6) is 0 Å². The molecule has 1 aliphatic heterocycles. The molecule has 5 nitrogen and oxygen atoms in total. The highest BCUT2D eigenvalue weighted by Gasteiger charge is 2.33.